The molecule has 0 bridgehead atoms. The van der Waals surface area contributed by atoms with Crippen LogP contribution in [0.2, 0.25) is 0 Å². The summed E-state index contributed by atoms with van der Waals surface area (Å²) in [5, 5.41) is 6.14. The topological polar surface area (TPSA) is 125 Å². The number of methoxy groups -OCH3 is 1. The van der Waals surface area contributed by atoms with Crippen LogP contribution in [0.1, 0.15) is 43.7 Å². The average Bonchev–Trinajstić information content (AvgIpc) is 3.26. The van der Waals surface area contributed by atoms with E-state index >= 15 is 0 Å². The normalized spacial score (nSPS) is 13.5. The molecule has 3 aromatic rings. The number of hydrogen-bond donors (Lipinski definition) is 2. The van der Waals surface area contributed by atoms with Crippen LogP contribution in [0.4, 0.5) is 34.5 Å². The first-order chi connectivity index (χ1) is 20.8. The van der Waals surface area contributed by atoms with Crippen LogP contribution >= 0.6 is 0 Å². The summed E-state index contributed by atoms with van der Waals surface area (Å²) in [6.07, 6.45) is 4.13. The lowest BCUT2D eigenvalue weighted by molar-refractivity contribution is -0.111. The Balaban J connectivity index is 1.79. The lowest BCUT2D eigenvalue weighted by Gasteiger charge is -2.26. The Morgan fingerprint density at radius 3 is 2.57 bits per heavy atom. The van der Waals surface area contributed by atoms with Gasteiger partial charge in [-0.1, -0.05) is 20.4 Å². The van der Waals surface area contributed by atoms with E-state index in [0.717, 1.165) is 23.6 Å². The number of benzene rings is 1. The van der Waals surface area contributed by atoms with Crippen LogP contribution in [0.3, 0.4) is 0 Å². The van der Waals surface area contributed by atoms with Crippen molar-refractivity contribution in [2.24, 2.45) is 0 Å². The van der Waals surface area contributed by atoms with Crippen molar-refractivity contribution in [2.45, 2.75) is 39.2 Å². The quantitative estimate of drug-likeness (QED) is 0.221. The zero-order chi connectivity index (χ0) is 32.2. The summed E-state index contributed by atoms with van der Waals surface area (Å²) in [6.45, 7) is 13.5. The second kappa shape index (κ2) is 13.3. The molecule has 1 aliphatic rings. The zero-order valence-electron chi connectivity index (χ0n) is 26.8. The SMILES string of the molecule is C=CC(=O)Nc1cc(Nc2ncc(C(=O)OC(C)C)c(N3CC(C)(C)c4ncccc43)n2)c(OC)cc1N(C)CCN(C)C. The summed E-state index contributed by atoms with van der Waals surface area (Å²) >= 11 is 0. The summed E-state index contributed by atoms with van der Waals surface area (Å²) in [4.78, 5) is 45.6. The van der Waals surface area contributed by atoms with E-state index in [9.17, 15) is 9.59 Å². The van der Waals surface area contributed by atoms with Crippen LogP contribution in [0, 0.1) is 0 Å². The van der Waals surface area contributed by atoms with Gasteiger partial charge in [-0.05, 0) is 52.2 Å². The zero-order valence-corrected chi connectivity index (χ0v) is 26.8. The molecule has 1 aromatic carbocycles. The van der Waals surface area contributed by atoms with Crippen LogP contribution in [0.25, 0.3) is 0 Å². The van der Waals surface area contributed by atoms with E-state index in [2.05, 4.69) is 45.9 Å². The highest BCUT2D eigenvalue weighted by Crippen LogP contribution is 2.44. The van der Waals surface area contributed by atoms with E-state index in [1.807, 2.05) is 49.1 Å². The molecule has 1 aliphatic heterocycles. The molecule has 234 valence electrons. The molecule has 4 rings (SSSR count). The lowest BCUT2D eigenvalue weighted by atomic mass is 9.91. The first kappa shape index (κ1) is 32.2. The fourth-order valence-electron chi connectivity index (χ4n) is 4.97. The molecule has 0 radical (unpaired) electrons. The number of carbonyl (C=O) groups is 2. The Morgan fingerprint density at radius 2 is 1.91 bits per heavy atom. The van der Waals surface area contributed by atoms with Crippen molar-refractivity contribution in [3.8, 4) is 5.75 Å². The van der Waals surface area contributed by atoms with Gasteiger partial charge >= 0.3 is 5.97 Å². The summed E-state index contributed by atoms with van der Waals surface area (Å²) in [7, 11) is 7.52. The average molecular weight is 603 g/mol. The summed E-state index contributed by atoms with van der Waals surface area (Å²) in [5.74, 6) is 0.266. The van der Waals surface area contributed by atoms with Gasteiger partial charge in [0.2, 0.25) is 11.9 Å². The van der Waals surface area contributed by atoms with E-state index in [1.54, 1.807) is 33.2 Å². The van der Waals surface area contributed by atoms with Gasteiger partial charge in [0, 0.05) is 50.6 Å². The predicted octanol–water partition coefficient (Wildman–Crippen LogP) is 4.74. The van der Waals surface area contributed by atoms with Gasteiger partial charge in [0.1, 0.15) is 11.3 Å². The minimum atomic E-state index is -0.520. The minimum absolute atomic E-state index is 0.226. The molecule has 0 saturated heterocycles. The smallest absolute Gasteiger partial charge is 0.343 e. The van der Waals surface area contributed by atoms with Crippen molar-refractivity contribution in [1.29, 1.82) is 0 Å². The van der Waals surface area contributed by atoms with Gasteiger partial charge in [-0.25, -0.2) is 9.78 Å². The number of amides is 1. The number of pyridine rings is 1. The van der Waals surface area contributed by atoms with Gasteiger partial charge in [-0.15, -0.1) is 0 Å². The van der Waals surface area contributed by atoms with Crippen molar-refractivity contribution < 1.29 is 19.1 Å². The number of fused-ring (bicyclic) bond motifs is 1. The van der Waals surface area contributed by atoms with E-state index in [-0.39, 0.29) is 28.9 Å². The van der Waals surface area contributed by atoms with E-state index in [4.69, 9.17) is 14.5 Å². The van der Waals surface area contributed by atoms with Gasteiger partial charge in [0.15, 0.2) is 5.82 Å². The third kappa shape index (κ3) is 7.08. The summed E-state index contributed by atoms with van der Waals surface area (Å²) in [6, 6.07) is 7.44. The molecular formula is C32H42N8O4. The van der Waals surface area contributed by atoms with Crippen LogP contribution in [-0.4, -0.2) is 85.7 Å². The lowest BCUT2D eigenvalue weighted by Crippen LogP contribution is -2.29. The molecule has 12 heteroatoms. The second-order valence-electron chi connectivity index (χ2n) is 11.8. The maximum Gasteiger partial charge on any atom is 0.343 e. The second-order valence-corrected chi connectivity index (χ2v) is 11.8. The predicted molar refractivity (Wildman–Crippen MR) is 174 cm³/mol. The number of nitrogens with one attached hydrogen (secondary N) is 2. The van der Waals surface area contributed by atoms with Gasteiger partial charge in [-0.3, -0.25) is 9.78 Å². The van der Waals surface area contributed by atoms with Crippen LogP contribution in [-0.2, 0) is 14.9 Å². The maximum absolute atomic E-state index is 13.2. The van der Waals surface area contributed by atoms with Crippen molar-refractivity contribution >= 4 is 46.4 Å². The van der Waals surface area contributed by atoms with Crippen molar-refractivity contribution in [1.82, 2.24) is 19.9 Å². The third-order valence-corrected chi connectivity index (χ3v) is 7.16. The van der Waals surface area contributed by atoms with Crippen molar-refractivity contribution in [2.75, 3.05) is 68.3 Å². The van der Waals surface area contributed by atoms with Gasteiger partial charge in [0.25, 0.3) is 0 Å². The number of anilines is 6. The standard InChI is InChI=1S/C32H42N8O4/c1-10-27(41)35-22-16-23(26(43-9)17-25(22)39(8)15-14-38(6)7)36-31-34-18-21(30(42)44-20(2)3)29(37-31)40-19-32(4,5)28-24(40)12-11-13-33-28/h10-13,16-18,20H,1,14-15,19H2,2-9H3,(H,35,41)(H,34,36,37). The van der Waals surface area contributed by atoms with Crippen molar-refractivity contribution in [3.63, 3.8) is 0 Å². The largest absolute Gasteiger partial charge is 0.494 e. The molecule has 0 fully saturated rings. The molecule has 0 unspecified atom stereocenters. The first-order valence-electron chi connectivity index (χ1n) is 14.4. The van der Waals surface area contributed by atoms with Gasteiger partial charge < -0.3 is 34.8 Å². The van der Waals surface area contributed by atoms with E-state index < -0.39 is 5.97 Å². The fourth-order valence-corrected chi connectivity index (χ4v) is 4.97. The Bertz CT molecular complexity index is 1540. The Morgan fingerprint density at radius 1 is 1.16 bits per heavy atom. The Kier molecular flexibility index (Phi) is 9.73. The molecule has 12 nitrogen and oxygen atoms in total. The van der Waals surface area contributed by atoms with E-state index in [0.29, 0.717) is 36.0 Å². The number of likely N-dealkylation sites (N-methyl/N-ethyl adjacent to an activating group) is 2. The molecule has 3 heterocycles. The molecule has 0 spiro atoms. The minimum Gasteiger partial charge on any atom is -0.494 e. The fraction of sp³-hybridized carbons (Fsp3) is 0.406. The number of rotatable bonds is 12. The Labute approximate surface area is 259 Å². The number of aromatic nitrogens is 3. The van der Waals surface area contributed by atoms with Crippen LogP contribution in [0.5, 0.6) is 5.75 Å². The first-order valence-corrected chi connectivity index (χ1v) is 14.4. The molecular weight excluding hydrogens is 560 g/mol. The number of ether oxygens (including phenoxy) is 2. The number of carbonyl (C=O) groups excluding carboxylic acids is 2. The van der Waals surface area contributed by atoms with Crippen molar-refractivity contribution in [3.05, 3.63) is 60.6 Å². The van der Waals surface area contributed by atoms with Gasteiger partial charge in [0.05, 0.1) is 41.7 Å². The maximum atomic E-state index is 13.2. The highest BCUT2D eigenvalue weighted by Gasteiger charge is 2.39. The molecule has 2 N–H and O–H groups in total. The Hall–Kier alpha value is -4.71. The van der Waals surface area contributed by atoms with E-state index in [1.165, 1.54) is 12.3 Å². The third-order valence-electron chi connectivity index (χ3n) is 7.16. The number of esters is 1. The number of nitrogens with zero attached hydrogens (tertiary/aromatic N) is 6. The van der Waals surface area contributed by atoms with Crippen LogP contribution < -0.4 is 25.2 Å². The highest BCUT2D eigenvalue weighted by molar-refractivity contribution is 6.02. The monoisotopic (exact) mass is 602 g/mol. The molecule has 0 atom stereocenters. The molecule has 0 aliphatic carbocycles. The molecule has 0 saturated carbocycles. The van der Waals surface area contributed by atoms with Crippen LogP contribution in [0.15, 0.2) is 49.3 Å². The molecule has 1 amide bonds. The summed E-state index contributed by atoms with van der Waals surface area (Å²) in [5.41, 5.74) is 3.56. The molecule has 44 heavy (non-hydrogen) atoms. The number of hydrogen-bond acceptors (Lipinski definition) is 11. The van der Waals surface area contributed by atoms with Gasteiger partial charge in [-0.2, -0.15) is 4.98 Å². The highest BCUT2D eigenvalue weighted by atomic mass is 16.5. The molecule has 2 aromatic heterocycles. The summed E-state index contributed by atoms with van der Waals surface area (Å²) < 4.78 is 11.3.